The Kier molecular flexibility index (Phi) is 7.87. The number of benzene rings is 1. The zero-order valence-corrected chi connectivity index (χ0v) is 20.4. The number of hydrogen-bond acceptors (Lipinski definition) is 6. The molecule has 37 heavy (non-hydrogen) atoms. The second-order valence-electron chi connectivity index (χ2n) is 9.27. The van der Waals surface area contributed by atoms with E-state index in [1.165, 1.54) is 18.2 Å². The van der Waals surface area contributed by atoms with Crippen molar-refractivity contribution in [3.8, 4) is 0 Å². The molecule has 1 aliphatic rings. The molecule has 3 heterocycles. The monoisotopic (exact) mass is 509 g/mol. The van der Waals surface area contributed by atoms with Crippen LogP contribution in [-0.4, -0.2) is 79.4 Å². The Balaban J connectivity index is 1.34. The van der Waals surface area contributed by atoms with E-state index in [9.17, 15) is 24.3 Å². The van der Waals surface area contributed by atoms with Gasteiger partial charge in [-0.1, -0.05) is 18.2 Å². The minimum Gasteiger partial charge on any atom is -0.480 e. The fourth-order valence-corrected chi connectivity index (χ4v) is 4.63. The van der Waals surface area contributed by atoms with Gasteiger partial charge in [0.2, 0.25) is 17.7 Å². The molecule has 2 aromatic heterocycles. The maximum Gasteiger partial charge on any atom is 0.326 e. The topological polar surface area (TPSA) is 186 Å². The maximum absolute atomic E-state index is 13.0. The number of nitrogens with two attached hydrogens (primary N) is 1. The van der Waals surface area contributed by atoms with Gasteiger partial charge in [-0.25, -0.2) is 9.78 Å². The smallest absolute Gasteiger partial charge is 0.326 e. The summed E-state index contributed by atoms with van der Waals surface area (Å²) in [7, 11) is 0. The molecule has 1 aliphatic heterocycles. The quantitative estimate of drug-likeness (QED) is 0.223. The third-order valence-electron chi connectivity index (χ3n) is 6.62. The molecular formula is C25H31N7O5. The van der Waals surface area contributed by atoms with Crippen molar-refractivity contribution in [2.45, 2.75) is 56.8 Å². The summed E-state index contributed by atoms with van der Waals surface area (Å²) in [6, 6.07) is 3.70. The summed E-state index contributed by atoms with van der Waals surface area (Å²) in [5, 5.41) is 15.7. The number of H-pyrrole nitrogens is 2. The molecule has 0 radical (unpaired) electrons. The number of nitrogens with zero attached hydrogens (tertiary/aromatic N) is 2. The summed E-state index contributed by atoms with van der Waals surface area (Å²) in [6.07, 6.45) is 6.22. The third-order valence-corrected chi connectivity index (χ3v) is 6.62. The number of aromatic nitrogens is 3. The standard InChI is InChI=1S/C25H31N7O5/c1-14(22(33)31-20(25(36)37)9-15-11-28-19-6-3-2-5-17(15)19)30-23(34)21-7-4-8-32(21)24(35)18(26)10-16-12-27-13-29-16/h2-3,5-6,11-14,18,20-21,28H,4,7-10,26H2,1H3,(H,27,29)(H,30,34)(H,31,33)(H,36,37). The third kappa shape index (κ3) is 5.97. The molecule has 1 aromatic carbocycles. The summed E-state index contributed by atoms with van der Waals surface area (Å²) in [5.74, 6) is -2.65. The van der Waals surface area contributed by atoms with Crippen LogP contribution in [0.3, 0.4) is 0 Å². The molecule has 4 unspecified atom stereocenters. The van der Waals surface area contributed by atoms with E-state index >= 15 is 0 Å². The molecule has 12 heteroatoms. The molecule has 3 aromatic rings. The van der Waals surface area contributed by atoms with Crippen molar-refractivity contribution in [2.24, 2.45) is 5.73 Å². The fourth-order valence-electron chi connectivity index (χ4n) is 4.63. The lowest BCUT2D eigenvalue weighted by atomic mass is 10.0. The number of imidazole rings is 1. The first-order chi connectivity index (χ1) is 17.7. The number of para-hydroxylation sites is 1. The molecule has 1 fully saturated rings. The molecule has 4 atom stereocenters. The number of hydrogen-bond donors (Lipinski definition) is 6. The summed E-state index contributed by atoms with van der Waals surface area (Å²) in [5.41, 5.74) is 8.42. The molecule has 1 saturated heterocycles. The number of carbonyl (C=O) groups is 4. The lowest BCUT2D eigenvalue weighted by Gasteiger charge is -2.27. The average Bonchev–Trinajstić information content (AvgIpc) is 3.64. The van der Waals surface area contributed by atoms with Crippen LogP contribution >= 0.6 is 0 Å². The van der Waals surface area contributed by atoms with Crippen LogP contribution in [0.5, 0.6) is 0 Å². The Morgan fingerprint density at radius 2 is 1.97 bits per heavy atom. The van der Waals surface area contributed by atoms with Gasteiger partial charge >= 0.3 is 5.97 Å². The first-order valence-electron chi connectivity index (χ1n) is 12.2. The summed E-state index contributed by atoms with van der Waals surface area (Å²) in [4.78, 5) is 61.9. The second-order valence-corrected chi connectivity index (χ2v) is 9.27. The van der Waals surface area contributed by atoms with Gasteiger partial charge in [0.05, 0.1) is 12.4 Å². The van der Waals surface area contributed by atoms with Gasteiger partial charge < -0.3 is 36.3 Å². The van der Waals surface area contributed by atoms with Gasteiger partial charge in [-0.05, 0) is 31.4 Å². The van der Waals surface area contributed by atoms with Crippen LogP contribution in [0.1, 0.15) is 31.0 Å². The number of carboxylic acid groups (broad SMARTS) is 1. The van der Waals surface area contributed by atoms with E-state index in [4.69, 9.17) is 5.73 Å². The fraction of sp³-hybridized carbons (Fsp3) is 0.400. The van der Waals surface area contributed by atoms with Crippen molar-refractivity contribution in [3.63, 3.8) is 0 Å². The van der Waals surface area contributed by atoms with Crippen molar-refractivity contribution in [1.29, 1.82) is 0 Å². The molecule has 0 saturated carbocycles. The van der Waals surface area contributed by atoms with Crippen LogP contribution < -0.4 is 16.4 Å². The highest BCUT2D eigenvalue weighted by Crippen LogP contribution is 2.20. The number of aliphatic carboxylic acids is 1. The Morgan fingerprint density at radius 1 is 1.19 bits per heavy atom. The van der Waals surface area contributed by atoms with Crippen LogP contribution in [0.15, 0.2) is 43.0 Å². The van der Waals surface area contributed by atoms with Crippen LogP contribution in [0, 0.1) is 0 Å². The maximum atomic E-state index is 13.0. The van der Waals surface area contributed by atoms with Crippen LogP contribution in [-0.2, 0) is 32.0 Å². The van der Waals surface area contributed by atoms with Crippen LogP contribution in [0.25, 0.3) is 10.9 Å². The molecule has 4 rings (SSSR count). The van der Waals surface area contributed by atoms with Gasteiger partial charge in [0.15, 0.2) is 0 Å². The van der Waals surface area contributed by atoms with Crippen LogP contribution in [0.4, 0.5) is 0 Å². The van der Waals surface area contributed by atoms with Gasteiger partial charge in [0, 0.05) is 48.4 Å². The molecule has 196 valence electrons. The summed E-state index contributed by atoms with van der Waals surface area (Å²) >= 11 is 0. The molecule has 0 aliphatic carbocycles. The summed E-state index contributed by atoms with van der Waals surface area (Å²) in [6.45, 7) is 1.86. The zero-order chi connectivity index (χ0) is 26.5. The van der Waals surface area contributed by atoms with Crippen LogP contribution in [0.2, 0.25) is 0 Å². The number of carboxylic acids is 1. The lowest BCUT2D eigenvalue weighted by Crippen LogP contribution is -2.56. The largest absolute Gasteiger partial charge is 0.480 e. The Morgan fingerprint density at radius 3 is 2.70 bits per heavy atom. The second kappa shape index (κ2) is 11.2. The minimum atomic E-state index is -1.18. The number of amides is 3. The van der Waals surface area contributed by atoms with Gasteiger partial charge in [-0.15, -0.1) is 0 Å². The lowest BCUT2D eigenvalue weighted by molar-refractivity contribution is -0.143. The van der Waals surface area contributed by atoms with Gasteiger partial charge in [0.1, 0.15) is 18.1 Å². The van der Waals surface area contributed by atoms with E-state index in [1.807, 2.05) is 24.3 Å². The van der Waals surface area contributed by atoms with E-state index < -0.39 is 42.0 Å². The van der Waals surface area contributed by atoms with Gasteiger partial charge in [0.25, 0.3) is 0 Å². The first kappa shape index (κ1) is 25.9. The average molecular weight is 510 g/mol. The van der Waals surface area contributed by atoms with Crippen molar-refractivity contribution in [2.75, 3.05) is 6.54 Å². The highest BCUT2D eigenvalue weighted by Gasteiger charge is 2.37. The predicted octanol–water partition coefficient (Wildman–Crippen LogP) is 0.0686. The normalized spacial score (nSPS) is 17.8. The molecular weight excluding hydrogens is 478 g/mol. The number of likely N-dealkylation sites (tertiary alicyclic amines) is 1. The molecule has 0 bridgehead atoms. The van der Waals surface area contributed by atoms with Crippen molar-refractivity contribution < 1.29 is 24.3 Å². The van der Waals surface area contributed by atoms with E-state index in [0.717, 1.165) is 16.5 Å². The summed E-state index contributed by atoms with van der Waals surface area (Å²) < 4.78 is 0. The molecule has 3 amide bonds. The predicted molar refractivity (Wildman–Crippen MR) is 134 cm³/mol. The van der Waals surface area contributed by atoms with E-state index in [-0.39, 0.29) is 18.7 Å². The molecule has 0 spiro atoms. The molecule has 12 nitrogen and oxygen atoms in total. The van der Waals surface area contributed by atoms with E-state index in [0.29, 0.717) is 25.1 Å². The molecule has 7 N–H and O–H groups in total. The Labute approximate surface area is 213 Å². The number of rotatable bonds is 10. The highest BCUT2D eigenvalue weighted by molar-refractivity contribution is 5.94. The number of nitrogens with one attached hydrogen (secondary N) is 4. The number of fused-ring (bicyclic) bond motifs is 1. The minimum absolute atomic E-state index is 0.0743. The van der Waals surface area contributed by atoms with Gasteiger partial charge in [-0.3, -0.25) is 14.4 Å². The first-order valence-corrected chi connectivity index (χ1v) is 12.2. The number of aromatic amines is 2. The van der Waals surface area contributed by atoms with Crippen molar-refractivity contribution >= 4 is 34.6 Å². The zero-order valence-electron chi connectivity index (χ0n) is 20.4. The van der Waals surface area contributed by atoms with Crippen molar-refractivity contribution in [3.05, 3.63) is 54.2 Å². The Hall–Kier alpha value is -4.19. The van der Waals surface area contributed by atoms with Crippen molar-refractivity contribution in [1.82, 2.24) is 30.5 Å². The number of carbonyl (C=O) groups excluding carboxylic acids is 3. The SMILES string of the molecule is CC(NC(=O)C1CCCN1C(=O)C(N)Cc1cnc[nH]1)C(=O)NC(Cc1c[nH]c2ccccc12)C(=O)O. The Bertz CT molecular complexity index is 1270. The van der Waals surface area contributed by atoms with Gasteiger partial charge in [-0.2, -0.15) is 0 Å². The van der Waals surface area contributed by atoms with E-state index in [1.54, 1.807) is 12.4 Å². The van der Waals surface area contributed by atoms with E-state index in [2.05, 4.69) is 25.6 Å². The highest BCUT2D eigenvalue weighted by atomic mass is 16.4.